The normalized spacial score (nSPS) is 11.7. The van der Waals surface area contributed by atoms with Crippen molar-refractivity contribution in [2.75, 3.05) is 11.9 Å². The SMILES string of the molecule is CCOc1cc2occ(-c3ccc(C)cc3C)c2cc1/C(C)=C/C(=O)Nc1ccc2ncccc2c1. The molecular formula is C31H28N2O3. The van der Waals surface area contributed by atoms with Crippen LogP contribution in [0.15, 0.2) is 83.6 Å². The summed E-state index contributed by atoms with van der Waals surface area (Å²) in [5.41, 5.74) is 8.56. The fraction of sp³-hybridized carbons (Fsp3) is 0.161. The molecule has 2 heterocycles. The summed E-state index contributed by atoms with van der Waals surface area (Å²) in [6.45, 7) is 8.56. The Bertz CT molecular complexity index is 1630. The molecule has 5 aromatic rings. The minimum absolute atomic E-state index is 0.208. The molecule has 1 amide bonds. The van der Waals surface area contributed by atoms with Gasteiger partial charge in [0.05, 0.1) is 18.4 Å². The highest BCUT2D eigenvalue weighted by molar-refractivity contribution is 6.06. The van der Waals surface area contributed by atoms with Gasteiger partial charge in [0.2, 0.25) is 5.91 Å². The Labute approximate surface area is 210 Å². The zero-order chi connectivity index (χ0) is 25.2. The summed E-state index contributed by atoms with van der Waals surface area (Å²) in [5.74, 6) is 0.477. The number of ether oxygens (including phenoxy) is 1. The van der Waals surface area contributed by atoms with Gasteiger partial charge in [-0.05, 0) is 74.7 Å². The number of hydrogen-bond donors (Lipinski definition) is 1. The maximum atomic E-state index is 12.9. The Hall–Kier alpha value is -4.38. The lowest BCUT2D eigenvalue weighted by atomic mass is 9.96. The van der Waals surface area contributed by atoms with Gasteiger partial charge in [0.1, 0.15) is 11.3 Å². The molecule has 5 heteroatoms. The van der Waals surface area contributed by atoms with Crippen LogP contribution in [-0.4, -0.2) is 17.5 Å². The average Bonchev–Trinajstić information content (AvgIpc) is 3.26. The molecule has 0 unspecified atom stereocenters. The van der Waals surface area contributed by atoms with E-state index in [1.165, 1.54) is 11.1 Å². The number of anilines is 1. The van der Waals surface area contributed by atoms with Crippen LogP contribution >= 0.6 is 0 Å². The van der Waals surface area contributed by atoms with E-state index in [0.717, 1.165) is 49.8 Å². The summed E-state index contributed by atoms with van der Waals surface area (Å²) in [5, 5.41) is 4.92. The number of aryl methyl sites for hydroxylation is 2. The van der Waals surface area contributed by atoms with Gasteiger partial charge in [-0.1, -0.05) is 29.8 Å². The van der Waals surface area contributed by atoms with Crippen LogP contribution in [0.5, 0.6) is 5.75 Å². The molecule has 0 aliphatic rings. The lowest BCUT2D eigenvalue weighted by molar-refractivity contribution is -0.111. The van der Waals surface area contributed by atoms with Crippen molar-refractivity contribution in [1.29, 1.82) is 0 Å². The number of nitrogens with one attached hydrogen (secondary N) is 1. The molecule has 0 radical (unpaired) electrons. The van der Waals surface area contributed by atoms with E-state index in [-0.39, 0.29) is 5.91 Å². The van der Waals surface area contributed by atoms with E-state index in [1.807, 2.05) is 50.2 Å². The number of benzene rings is 3. The Morgan fingerprint density at radius 3 is 2.72 bits per heavy atom. The highest BCUT2D eigenvalue weighted by atomic mass is 16.5. The van der Waals surface area contributed by atoms with Crippen molar-refractivity contribution >= 4 is 39.0 Å². The molecule has 1 N–H and O–H groups in total. The third-order valence-electron chi connectivity index (χ3n) is 6.29. The second kappa shape index (κ2) is 9.70. The molecule has 2 aromatic heterocycles. The first kappa shape index (κ1) is 23.4. The second-order valence-electron chi connectivity index (χ2n) is 8.97. The van der Waals surface area contributed by atoms with Gasteiger partial charge < -0.3 is 14.5 Å². The van der Waals surface area contributed by atoms with Crippen LogP contribution in [0.1, 0.15) is 30.5 Å². The number of pyridine rings is 1. The van der Waals surface area contributed by atoms with Gasteiger partial charge in [0, 0.05) is 45.9 Å². The smallest absolute Gasteiger partial charge is 0.248 e. The predicted octanol–water partition coefficient (Wildman–Crippen LogP) is 7.71. The summed E-state index contributed by atoms with van der Waals surface area (Å²) >= 11 is 0. The molecular weight excluding hydrogens is 448 g/mol. The minimum Gasteiger partial charge on any atom is -0.493 e. The first-order valence-electron chi connectivity index (χ1n) is 12.0. The van der Waals surface area contributed by atoms with Gasteiger partial charge in [-0.2, -0.15) is 0 Å². The highest BCUT2D eigenvalue weighted by Gasteiger charge is 2.16. The zero-order valence-electron chi connectivity index (χ0n) is 20.9. The van der Waals surface area contributed by atoms with Crippen molar-refractivity contribution in [1.82, 2.24) is 4.98 Å². The van der Waals surface area contributed by atoms with E-state index in [4.69, 9.17) is 9.15 Å². The summed E-state index contributed by atoms with van der Waals surface area (Å²) in [4.78, 5) is 17.2. The second-order valence-corrected chi connectivity index (χ2v) is 8.97. The largest absolute Gasteiger partial charge is 0.493 e. The summed E-state index contributed by atoms with van der Waals surface area (Å²) in [7, 11) is 0. The van der Waals surface area contributed by atoms with Crippen molar-refractivity contribution in [2.45, 2.75) is 27.7 Å². The summed E-state index contributed by atoms with van der Waals surface area (Å²) in [6.07, 6.45) is 5.15. The van der Waals surface area contributed by atoms with E-state index >= 15 is 0 Å². The summed E-state index contributed by atoms with van der Waals surface area (Å²) < 4.78 is 11.9. The van der Waals surface area contributed by atoms with Crippen molar-refractivity contribution < 1.29 is 13.9 Å². The van der Waals surface area contributed by atoms with Gasteiger partial charge in [-0.25, -0.2) is 0 Å². The first-order valence-corrected chi connectivity index (χ1v) is 12.0. The number of furan rings is 1. The van der Waals surface area contributed by atoms with Crippen LogP contribution in [0.4, 0.5) is 5.69 Å². The number of carbonyl (C=O) groups excluding carboxylic acids is 1. The summed E-state index contributed by atoms with van der Waals surface area (Å²) in [6, 6.07) is 19.9. The Morgan fingerprint density at radius 2 is 1.92 bits per heavy atom. The third-order valence-corrected chi connectivity index (χ3v) is 6.29. The lowest BCUT2D eigenvalue weighted by Gasteiger charge is -2.12. The molecule has 5 nitrogen and oxygen atoms in total. The fourth-order valence-corrected chi connectivity index (χ4v) is 4.57. The average molecular weight is 477 g/mol. The molecule has 5 rings (SSSR count). The molecule has 36 heavy (non-hydrogen) atoms. The quantitative estimate of drug-likeness (QED) is 0.255. The van der Waals surface area contributed by atoms with Crippen LogP contribution in [0.3, 0.4) is 0 Å². The van der Waals surface area contributed by atoms with Gasteiger partial charge in [-0.15, -0.1) is 0 Å². The van der Waals surface area contributed by atoms with Crippen molar-refractivity contribution in [3.8, 4) is 16.9 Å². The Kier molecular flexibility index (Phi) is 6.30. The Morgan fingerprint density at radius 1 is 1.06 bits per heavy atom. The van der Waals surface area contributed by atoms with Gasteiger partial charge >= 0.3 is 0 Å². The van der Waals surface area contributed by atoms with Crippen molar-refractivity contribution in [3.05, 3.63) is 95.9 Å². The molecule has 0 aliphatic heterocycles. The molecule has 0 atom stereocenters. The standard InChI is InChI=1S/C31H28N2O3/c1-5-35-29-17-30-26(27(18-36-30)24-10-8-19(2)13-20(24)3)16-25(29)21(4)14-31(34)33-23-9-11-28-22(15-23)7-6-12-32-28/h6-18H,5H2,1-4H3,(H,33,34)/b21-14+. The van der Waals surface area contributed by atoms with Gasteiger partial charge in [-0.3, -0.25) is 9.78 Å². The molecule has 0 fully saturated rings. The van der Waals surface area contributed by atoms with E-state index < -0.39 is 0 Å². The van der Waals surface area contributed by atoms with Gasteiger partial charge in [0.15, 0.2) is 0 Å². The minimum atomic E-state index is -0.208. The number of fused-ring (bicyclic) bond motifs is 2. The number of rotatable bonds is 6. The van der Waals surface area contributed by atoms with E-state index in [9.17, 15) is 4.79 Å². The monoisotopic (exact) mass is 476 g/mol. The number of carbonyl (C=O) groups is 1. The number of allylic oxidation sites excluding steroid dienone is 1. The van der Waals surface area contributed by atoms with Crippen LogP contribution < -0.4 is 10.1 Å². The number of aromatic nitrogens is 1. The van der Waals surface area contributed by atoms with Crippen LogP contribution in [-0.2, 0) is 4.79 Å². The molecule has 0 saturated heterocycles. The first-order chi connectivity index (χ1) is 17.4. The van der Waals surface area contributed by atoms with Crippen molar-refractivity contribution in [3.63, 3.8) is 0 Å². The lowest BCUT2D eigenvalue weighted by Crippen LogP contribution is -2.08. The van der Waals surface area contributed by atoms with E-state index in [2.05, 4.69) is 48.4 Å². The number of nitrogens with zero attached hydrogens (tertiary/aromatic N) is 1. The topological polar surface area (TPSA) is 64.4 Å². The molecule has 0 aliphatic carbocycles. The maximum absolute atomic E-state index is 12.9. The van der Waals surface area contributed by atoms with Crippen LogP contribution in [0.2, 0.25) is 0 Å². The number of hydrogen-bond acceptors (Lipinski definition) is 4. The Balaban J connectivity index is 1.51. The fourth-order valence-electron chi connectivity index (χ4n) is 4.57. The molecule has 0 spiro atoms. The molecule has 0 saturated carbocycles. The van der Waals surface area contributed by atoms with Gasteiger partial charge in [0.25, 0.3) is 0 Å². The highest BCUT2D eigenvalue weighted by Crippen LogP contribution is 2.38. The van der Waals surface area contributed by atoms with Crippen LogP contribution in [0, 0.1) is 13.8 Å². The van der Waals surface area contributed by atoms with E-state index in [1.54, 1.807) is 18.5 Å². The third kappa shape index (κ3) is 4.60. The molecule has 0 bridgehead atoms. The zero-order valence-corrected chi connectivity index (χ0v) is 20.9. The maximum Gasteiger partial charge on any atom is 0.248 e. The molecule has 180 valence electrons. The van der Waals surface area contributed by atoms with Crippen LogP contribution in [0.25, 0.3) is 38.6 Å². The van der Waals surface area contributed by atoms with E-state index in [0.29, 0.717) is 12.4 Å². The molecule has 3 aromatic carbocycles. The van der Waals surface area contributed by atoms with Crippen molar-refractivity contribution in [2.24, 2.45) is 0 Å². The number of amides is 1. The predicted molar refractivity (Wildman–Crippen MR) is 146 cm³/mol.